The van der Waals surface area contributed by atoms with Crippen molar-refractivity contribution in [1.29, 1.82) is 0 Å². The van der Waals surface area contributed by atoms with Crippen molar-refractivity contribution in [2.24, 2.45) is 0 Å². The van der Waals surface area contributed by atoms with Gasteiger partial charge in [0.05, 0.1) is 13.7 Å². The number of amides is 1. The fourth-order valence-electron chi connectivity index (χ4n) is 3.20. The Morgan fingerprint density at radius 2 is 1.96 bits per heavy atom. The molecule has 2 aromatic rings. The Labute approximate surface area is 135 Å². The maximum atomic E-state index is 12.7. The molecule has 6 nitrogen and oxygen atoms in total. The predicted molar refractivity (Wildman–Crippen MR) is 84.0 cm³/mol. The average Bonchev–Trinajstić information content (AvgIpc) is 3.33. The molecule has 23 heavy (non-hydrogen) atoms. The molecule has 1 amide bonds. The zero-order valence-electron chi connectivity index (χ0n) is 13.4. The zero-order valence-corrected chi connectivity index (χ0v) is 13.4. The SMILES string of the molecule is COc1ccc(CN2Cc3nnc(C4CC4)n3[C@@H](C)C2=O)cc1. The van der Waals surface area contributed by atoms with Crippen molar-refractivity contribution in [2.75, 3.05) is 7.11 Å². The minimum absolute atomic E-state index is 0.134. The van der Waals surface area contributed by atoms with Crippen LogP contribution in [0.15, 0.2) is 24.3 Å². The molecule has 1 aliphatic carbocycles. The topological polar surface area (TPSA) is 60.2 Å². The van der Waals surface area contributed by atoms with Crippen LogP contribution in [-0.4, -0.2) is 32.7 Å². The number of carbonyl (C=O) groups is 1. The number of aromatic nitrogens is 3. The fraction of sp³-hybridized carbons (Fsp3) is 0.471. The molecule has 4 rings (SSSR count). The van der Waals surface area contributed by atoms with Crippen molar-refractivity contribution in [1.82, 2.24) is 19.7 Å². The van der Waals surface area contributed by atoms with Gasteiger partial charge < -0.3 is 14.2 Å². The van der Waals surface area contributed by atoms with Crippen molar-refractivity contribution in [3.05, 3.63) is 41.5 Å². The lowest BCUT2D eigenvalue weighted by molar-refractivity contribution is -0.137. The average molecular weight is 312 g/mol. The van der Waals surface area contributed by atoms with Crippen molar-refractivity contribution >= 4 is 5.91 Å². The normalized spacial score (nSPS) is 20.5. The van der Waals surface area contributed by atoms with E-state index in [1.807, 2.05) is 40.7 Å². The molecule has 0 radical (unpaired) electrons. The molecule has 0 spiro atoms. The monoisotopic (exact) mass is 312 g/mol. The van der Waals surface area contributed by atoms with Crippen LogP contribution in [0.3, 0.4) is 0 Å². The summed E-state index contributed by atoms with van der Waals surface area (Å²) >= 11 is 0. The van der Waals surface area contributed by atoms with Gasteiger partial charge in [-0.2, -0.15) is 0 Å². The van der Waals surface area contributed by atoms with Crippen molar-refractivity contribution in [2.45, 2.75) is 44.8 Å². The van der Waals surface area contributed by atoms with E-state index >= 15 is 0 Å². The number of nitrogens with zero attached hydrogens (tertiary/aromatic N) is 4. The first-order chi connectivity index (χ1) is 11.2. The van der Waals surface area contributed by atoms with Crippen LogP contribution in [0.25, 0.3) is 0 Å². The second kappa shape index (κ2) is 5.37. The third-order valence-electron chi connectivity index (χ3n) is 4.66. The Morgan fingerprint density at radius 1 is 1.22 bits per heavy atom. The van der Waals surface area contributed by atoms with Crippen LogP contribution in [0.5, 0.6) is 5.75 Å². The zero-order chi connectivity index (χ0) is 16.0. The van der Waals surface area contributed by atoms with Crippen molar-refractivity contribution < 1.29 is 9.53 Å². The lowest BCUT2D eigenvalue weighted by Gasteiger charge is -2.32. The van der Waals surface area contributed by atoms with E-state index in [1.54, 1.807) is 7.11 Å². The highest BCUT2D eigenvalue weighted by Gasteiger charge is 2.37. The van der Waals surface area contributed by atoms with Crippen LogP contribution in [0.4, 0.5) is 0 Å². The van der Waals surface area contributed by atoms with Gasteiger partial charge in [0.1, 0.15) is 17.6 Å². The Morgan fingerprint density at radius 3 is 2.61 bits per heavy atom. The van der Waals surface area contributed by atoms with E-state index in [2.05, 4.69) is 10.2 Å². The molecule has 0 unspecified atom stereocenters. The van der Waals surface area contributed by atoms with E-state index < -0.39 is 0 Å². The second-order valence-electron chi connectivity index (χ2n) is 6.34. The summed E-state index contributed by atoms with van der Waals surface area (Å²) in [7, 11) is 1.65. The molecule has 1 saturated carbocycles. The van der Waals surface area contributed by atoms with Crippen LogP contribution in [0, 0.1) is 0 Å². The Hall–Kier alpha value is -2.37. The van der Waals surface area contributed by atoms with Gasteiger partial charge in [0.25, 0.3) is 0 Å². The summed E-state index contributed by atoms with van der Waals surface area (Å²) in [6.45, 7) is 3.05. The molecule has 0 N–H and O–H groups in total. The smallest absolute Gasteiger partial charge is 0.246 e. The van der Waals surface area contributed by atoms with E-state index in [-0.39, 0.29) is 11.9 Å². The number of ether oxygens (including phenoxy) is 1. The molecule has 0 bridgehead atoms. The summed E-state index contributed by atoms with van der Waals surface area (Å²) < 4.78 is 7.22. The summed E-state index contributed by atoms with van der Waals surface area (Å²) in [6, 6.07) is 7.60. The molecule has 1 aliphatic heterocycles. The van der Waals surface area contributed by atoms with Crippen molar-refractivity contribution in [3.63, 3.8) is 0 Å². The van der Waals surface area contributed by atoms with E-state index in [4.69, 9.17) is 4.74 Å². The highest BCUT2D eigenvalue weighted by molar-refractivity contribution is 5.81. The van der Waals surface area contributed by atoms with E-state index in [1.165, 1.54) is 0 Å². The molecule has 1 aromatic carbocycles. The number of carbonyl (C=O) groups excluding carboxylic acids is 1. The first kappa shape index (κ1) is 14.2. The fourth-order valence-corrected chi connectivity index (χ4v) is 3.20. The lowest BCUT2D eigenvalue weighted by Crippen LogP contribution is -2.41. The molecule has 2 aliphatic rings. The quantitative estimate of drug-likeness (QED) is 0.869. The van der Waals surface area contributed by atoms with Gasteiger partial charge in [0, 0.05) is 12.5 Å². The Bertz CT molecular complexity index is 734. The molecular weight excluding hydrogens is 292 g/mol. The summed E-state index contributed by atoms with van der Waals surface area (Å²) in [5, 5.41) is 8.65. The van der Waals surface area contributed by atoms with Gasteiger partial charge in [-0.15, -0.1) is 10.2 Å². The first-order valence-electron chi connectivity index (χ1n) is 8.02. The molecule has 1 fully saturated rings. The second-order valence-corrected chi connectivity index (χ2v) is 6.34. The van der Waals surface area contributed by atoms with Gasteiger partial charge in [-0.1, -0.05) is 12.1 Å². The van der Waals surface area contributed by atoms with Crippen LogP contribution >= 0.6 is 0 Å². The van der Waals surface area contributed by atoms with Gasteiger partial charge in [-0.3, -0.25) is 4.79 Å². The number of hydrogen-bond donors (Lipinski definition) is 0. The Balaban J connectivity index is 1.56. The third-order valence-corrected chi connectivity index (χ3v) is 4.66. The van der Waals surface area contributed by atoms with Crippen LogP contribution in [-0.2, 0) is 17.9 Å². The molecular formula is C17H20N4O2. The summed E-state index contributed by atoms with van der Waals surface area (Å²) in [6.07, 6.45) is 2.32. The largest absolute Gasteiger partial charge is 0.497 e. The van der Waals surface area contributed by atoms with Gasteiger partial charge in [0.2, 0.25) is 5.91 Å². The number of fused-ring (bicyclic) bond motifs is 1. The van der Waals surface area contributed by atoms with E-state index in [0.29, 0.717) is 19.0 Å². The molecule has 2 heterocycles. The maximum Gasteiger partial charge on any atom is 0.246 e. The van der Waals surface area contributed by atoms with Gasteiger partial charge in [-0.05, 0) is 37.5 Å². The predicted octanol–water partition coefficient (Wildman–Crippen LogP) is 2.27. The molecule has 120 valence electrons. The van der Waals surface area contributed by atoms with Crippen LogP contribution < -0.4 is 4.74 Å². The standard InChI is InChI=1S/C17H20N4O2/c1-11-17(22)20(9-12-3-7-14(23-2)8-4-12)10-15-18-19-16(21(11)15)13-5-6-13/h3-4,7-8,11,13H,5-6,9-10H2,1-2H3/t11-/m0/s1. The first-order valence-corrected chi connectivity index (χ1v) is 8.02. The highest BCUT2D eigenvalue weighted by Crippen LogP contribution is 2.41. The molecule has 6 heteroatoms. The van der Waals surface area contributed by atoms with Gasteiger partial charge in [0.15, 0.2) is 5.82 Å². The number of methoxy groups -OCH3 is 1. The van der Waals surface area contributed by atoms with E-state index in [0.717, 1.165) is 35.8 Å². The summed E-state index contributed by atoms with van der Waals surface area (Å²) in [5.74, 6) is 3.34. The maximum absolute atomic E-state index is 12.7. The molecule has 1 aromatic heterocycles. The number of rotatable bonds is 4. The minimum Gasteiger partial charge on any atom is -0.497 e. The minimum atomic E-state index is -0.220. The number of hydrogen-bond acceptors (Lipinski definition) is 4. The van der Waals surface area contributed by atoms with Crippen LogP contribution in [0.1, 0.15) is 48.9 Å². The molecule has 0 saturated heterocycles. The molecule has 1 atom stereocenters. The van der Waals surface area contributed by atoms with Gasteiger partial charge >= 0.3 is 0 Å². The summed E-state index contributed by atoms with van der Waals surface area (Å²) in [5.41, 5.74) is 1.08. The number of benzene rings is 1. The Kier molecular flexibility index (Phi) is 3.32. The van der Waals surface area contributed by atoms with Crippen LogP contribution in [0.2, 0.25) is 0 Å². The highest BCUT2D eigenvalue weighted by atomic mass is 16.5. The van der Waals surface area contributed by atoms with Gasteiger partial charge in [-0.25, -0.2) is 0 Å². The lowest BCUT2D eigenvalue weighted by atomic mass is 10.1. The third kappa shape index (κ3) is 2.48. The summed E-state index contributed by atoms with van der Waals surface area (Å²) in [4.78, 5) is 14.6. The van der Waals surface area contributed by atoms with Crippen molar-refractivity contribution in [3.8, 4) is 5.75 Å². The van der Waals surface area contributed by atoms with E-state index in [9.17, 15) is 4.79 Å².